The van der Waals surface area contributed by atoms with Crippen molar-refractivity contribution in [3.05, 3.63) is 53.5 Å². The van der Waals surface area contributed by atoms with Gasteiger partial charge >= 0.3 is 0 Å². The number of hydrogen-bond acceptors (Lipinski definition) is 4. The number of aromatic nitrogens is 4. The Hall–Kier alpha value is -2.93. The van der Waals surface area contributed by atoms with Gasteiger partial charge < -0.3 is 5.32 Å². The molecule has 2 aromatic heterocycles. The van der Waals surface area contributed by atoms with Crippen LogP contribution >= 0.6 is 0 Å². The van der Waals surface area contributed by atoms with Crippen LogP contribution in [0.2, 0.25) is 0 Å². The van der Waals surface area contributed by atoms with Crippen molar-refractivity contribution in [3.8, 4) is 11.3 Å². The summed E-state index contributed by atoms with van der Waals surface area (Å²) < 4.78 is 3.71. The minimum Gasteiger partial charge on any atom is -0.322 e. The normalized spacial score (nSPS) is 14.5. The first-order chi connectivity index (χ1) is 13.5. The fourth-order valence-electron chi connectivity index (χ4n) is 3.93. The van der Waals surface area contributed by atoms with Gasteiger partial charge in [0.1, 0.15) is 0 Å². The molecule has 146 valence electrons. The second kappa shape index (κ2) is 7.59. The molecule has 1 amide bonds. The molecule has 1 aliphatic rings. The van der Waals surface area contributed by atoms with Crippen LogP contribution in [-0.2, 0) is 31.7 Å². The molecule has 0 radical (unpaired) electrons. The molecule has 1 N–H and O–H groups in total. The van der Waals surface area contributed by atoms with Crippen LogP contribution in [-0.4, -0.2) is 50.0 Å². The fourth-order valence-corrected chi connectivity index (χ4v) is 3.93. The maximum atomic E-state index is 12.5. The maximum absolute atomic E-state index is 12.5. The van der Waals surface area contributed by atoms with E-state index in [-0.39, 0.29) is 5.91 Å². The molecule has 0 spiro atoms. The number of carbonyl (C=O) groups excluding carboxylic acids is 1. The molecule has 4 rings (SSSR count). The summed E-state index contributed by atoms with van der Waals surface area (Å²) in [5, 5.41) is 12.0. The predicted octanol–water partition coefficient (Wildman–Crippen LogP) is 2.17. The van der Waals surface area contributed by atoms with Gasteiger partial charge in [0, 0.05) is 56.6 Å². The summed E-state index contributed by atoms with van der Waals surface area (Å²) in [4.78, 5) is 14.7. The van der Waals surface area contributed by atoms with Crippen LogP contribution in [0.25, 0.3) is 11.3 Å². The number of fused-ring (bicyclic) bond motifs is 1. The topological polar surface area (TPSA) is 68.0 Å². The molecule has 0 bridgehead atoms. The zero-order valence-corrected chi connectivity index (χ0v) is 16.6. The van der Waals surface area contributed by atoms with Gasteiger partial charge in [-0.3, -0.25) is 19.1 Å². The molecule has 7 heteroatoms. The molecule has 0 fully saturated rings. The van der Waals surface area contributed by atoms with E-state index in [1.54, 1.807) is 4.68 Å². The molecule has 0 unspecified atom stereocenters. The average Bonchev–Trinajstić information content (AvgIpc) is 3.06. The minimum absolute atomic E-state index is 0.00321. The van der Waals surface area contributed by atoms with Crippen LogP contribution in [0.1, 0.15) is 17.0 Å². The van der Waals surface area contributed by atoms with Crippen LogP contribution in [0, 0.1) is 6.92 Å². The van der Waals surface area contributed by atoms with E-state index in [2.05, 4.69) is 27.4 Å². The van der Waals surface area contributed by atoms with Gasteiger partial charge in [-0.05, 0) is 13.3 Å². The third-order valence-corrected chi connectivity index (χ3v) is 5.32. The number of carbonyl (C=O) groups is 1. The zero-order valence-electron chi connectivity index (χ0n) is 16.6. The lowest BCUT2D eigenvalue weighted by atomic mass is 10.0. The summed E-state index contributed by atoms with van der Waals surface area (Å²) in [6, 6.07) is 10.3. The number of amides is 1. The molecule has 3 heterocycles. The Balaban J connectivity index is 1.45. The number of aryl methyl sites for hydroxylation is 3. The summed E-state index contributed by atoms with van der Waals surface area (Å²) in [6.07, 6.45) is 3.63. The largest absolute Gasteiger partial charge is 0.322 e. The van der Waals surface area contributed by atoms with Gasteiger partial charge in [0.15, 0.2) is 0 Å². The Kier molecular flexibility index (Phi) is 5.00. The van der Waals surface area contributed by atoms with Crippen molar-refractivity contribution in [2.24, 2.45) is 14.1 Å². The van der Waals surface area contributed by atoms with E-state index in [1.807, 2.05) is 50.1 Å². The molecule has 0 saturated carbocycles. The highest BCUT2D eigenvalue weighted by Gasteiger charge is 2.23. The Morgan fingerprint density at radius 2 is 1.86 bits per heavy atom. The van der Waals surface area contributed by atoms with Crippen molar-refractivity contribution in [3.63, 3.8) is 0 Å². The highest BCUT2D eigenvalue weighted by molar-refractivity contribution is 5.92. The summed E-state index contributed by atoms with van der Waals surface area (Å²) >= 11 is 0. The number of nitrogens with one attached hydrogen (secondary N) is 1. The second-order valence-electron chi connectivity index (χ2n) is 7.39. The minimum atomic E-state index is 0.00321. The number of hydrogen-bond donors (Lipinski definition) is 1. The molecule has 0 aliphatic carbocycles. The van der Waals surface area contributed by atoms with Gasteiger partial charge in [0.2, 0.25) is 5.91 Å². The lowest BCUT2D eigenvalue weighted by Gasteiger charge is -2.19. The van der Waals surface area contributed by atoms with Crippen LogP contribution < -0.4 is 5.32 Å². The quantitative estimate of drug-likeness (QED) is 0.756. The summed E-state index contributed by atoms with van der Waals surface area (Å²) in [5.74, 6) is 0.00321. The predicted molar refractivity (Wildman–Crippen MR) is 109 cm³/mol. The van der Waals surface area contributed by atoms with Crippen molar-refractivity contribution in [2.75, 3.05) is 25.0 Å². The molecular formula is C21H26N6O. The number of anilines is 1. The van der Waals surface area contributed by atoms with E-state index in [0.717, 1.165) is 48.6 Å². The third kappa shape index (κ3) is 3.71. The molecule has 1 aromatic carbocycles. The van der Waals surface area contributed by atoms with E-state index in [9.17, 15) is 4.79 Å². The summed E-state index contributed by atoms with van der Waals surface area (Å²) in [5.41, 5.74) is 6.40. The highest BCUT2D eigenvalue weighted by Crippen LogP contribution is 2.27. The summed E-state index contributed by atoms with van der Waals surface area (Å²) in [7, 11) is 3.87. The van der Waals surface area contributed by atoms with Crippen LogP contribution in [0.5, 0.6) is 0 Å². The van der Waals surface area contributed by atoms with Crippen molar-refractivity contribution in [2.45, 2.75) is 19.8 Å². The van der Waals surface area contributed by atoms with E-state index in [1.165, 1.54) is 11.3 Å². The van der Waals surface area contributed by atoms with Crippen LogP contribution in [0.15, 0.2) is 36.5 Å². The Labute approximate surface area is 165 Å². The number of nitrogens with zero attached hydrogens (tertiary/aromatic N) is 5. The smallest absolute Gasteiger partial charge is 0.238 e. The van der Waals surface area contributed by atoms with Gasteiger partial charge in [-0.25, -0.2) is 0 Å². The molecule has 1 aliphatic heterocycles. The van der Waals surface area contributed by atoms with E-state index in [4.69, 9.17) is 5.10 Å². The van der Waals surface area contributed by atoms with Crippen molar-refractivity contribution < 1.29 is 4.79 Å². The monoisotopic (exact) mass is 378 g/mol. The van der Waals surface area contributed by atoms with E-state index < -0.39 is 0 Å². The van der Waals surface area contributed by atoms with Crippen molar-refractivity contribution in [1.29, 1.82) is 0 Å². The van der Waals surface area contributed by atoms with E-state index in [0.29, 0.717) is 6.54 Å². The molecule has 0 atom stereocenters. The Morgan fingerprint density at radius 1 is 1.11 bits per heavy atom. The number of benzene rings is 1. The van der Waals surface area contributed by atoms with E-state index >= 15 is 0 Å². The van der Waals surface area contributed by atoms with Crippen molar-refractivity contribution in [1.82, 2.24) is 24.5 Å². The van der Waals surface area contributed by atoms with Gasteiger partial charge in [-0.15, -0.1) is 0 Å². The van der Waals surface area contributed by atoms with Gasteiger partial charge in [0.25, 0.3) is 0 Å². The Morgan fingerprint density at radius 3 is 2.57 bits per heavy atom. The zero-order chi connectivity index (χ0) is 19.7. The SMILES string of the molecule is Cc1nn(C)cc1NC(=O)CN1CCc2c(-c3ccccc3)nn(C)c2CC1. The van der Waals surface area contributed by atoms with Gasteiger partial charge in [-0.1, -0.05) is 30.3 Å². The van der Waals surface area contributed by atoms with Crippen molar-refractivity contribution >= 4 is 11.6 Å². The van der Waals surface area contributed by atoms with Crippen LogP contribution in [0.3, 0.4) is 0 Å². The second-order valence-corrected chi connectivity index (χ2v) is 7.39. The van der Waals surface area contributed by atoms with Crippen LogP contribution in [0.4, 0.5) is 5.69 Å². The molecule has 3 aromatic rings. The molecule has 0 saturated heterocycles. The highest BCUT2D eigenvalue weighted by atomic mass is 16.2. The maximum Gasteiger partial charge on any atom is 0.238 e. The third-order valence-electron chi connectivity index (χ3n) is 5.32. The Bertz CT molecular complexity index is 988. The molecular weight excluding hydrogens is 352 g/mol. The standard InChI is InChI=1S/C21H26N6O/c1-15-18(13-25(2)23-15)22-20(28)14-27-11-9-17-19(10-12-27)26(3)24-21(17)16-7-5-4-6-8-16/h4-8,13H,9-12,14H2,1-3H3,(H,22,28). The van der Waals surface area contributed by atoms with Gasteiger partial charge in [-0.2, -0.15) is 10.2 Å². The summed E-state index contributed by atoms with van der Waals surface area (Å²) in [6.45, 7) is 3.98. The number of rotatable bonds is 4. The first-order valence-corrected chi connectivity index (χ1v) is 9.64. The lowest BCUT2D eigenvalue weighted by molar-refractivity contribution is -0.117. The molecule has 7 nitrogen and oxygen atoms in total. The first kappa shape index (κ1) is 18.4. The average molecular weight is 378 g/mol. The fraction of sp³-hybridized carbons (Fsp3) is 0.381. The van der Waals surface area contributed by atoms with Gasteiger partial charge in [0.05, 0.1) is 23.6 Å². The lowest BCUT2D eigenvalue weighted by Crippen LogP contribution is -2.35. The molecule has 28 heavy (non-hydrogen) atoms. The first-order valence-electron chi connectivity index (χ1n) is 9.64.